The molecule has 0 saturated heterocycles. The van der Waals surface area contributed by atoms with Crippen molar-refractivity contribution in [1.29, 1.82) is 0 Å². The van der Waals surface area contributed by atoms with Gasteiger partial charge in [0.2, 0.25) is 5.91 Å². The van der Waals surface area contributed by atoms with Gasteiger partial charge in [-0.05, 0) is 37.6 Å². The van der Waals surface area contributed by atoms with E-state index in [0.717, 1.165) is 5.56 Å². The van der Waals surface area contributed by atoms with Gasteiger partial charge in [0.1, 0.15) is 5.75 Å². The third-order valence-electron chi connectivity index (χ3n) is 4.42. The van der Waals surface area contributed by atoms with Crippen molar-refractivity contribution in [1.82, 2.24) is 0 Å². The summed E-state index contributed by atoms with van der Waals surface area (Å²) in [5, 5.41) is 2.79. The molecule has 0 radical (unpaired) electrons. The molecular weight excluding hydrogens is 360 g/mol. The van der Waals surface area contributed by atoms with E-state index in [9.17, 15) is 14.4 Å². The smallest absolute Gasteiger partial charge is 0.344 e. The quantitative estimate of drug-likeness (QED) is 0.804. The molecule has 3 rings (SSSR count). The van der Waals surface area contributed by atoms with Crippen LogP contribution in [0.4, 0.5) is 11.4 Å². The molecule has 1 aliphatic heterocycles. The number of rotatable bonds is 5. The average molecular weight is 382 g/mol. The molecule has 2 aromatic carbocycles. The molecule has 0 bridgehead atoms. The number of anilines is 2. The summed E-state index contributed by atoms with van der Waals surface area (Å²) in [6.07, 6.45) is 0.158. The lowest BCUT2D eigenvalue weighted by molar-refractivity contribution is -0.150. The number of nitrogens with one attached hydrogen (secondary N) is 1. The summed E-state index contributed by atoms with van der Waals surface area (Å²) in [4.78, 5) is 38.2. The molecule has 1 N–H and O–H groups in total. The van der Waals surface area contributed by atoms with Gasteiger partial charge < -0.3 is 19.7 Å². The highest BCUT2D eigenvalue weighted by molar-refractivity contribution is 6.05. The van der Waals surface area contributed by atoms with Gasteiger partial charge in [-0.1, -0.05) is 30.3 Å². The van der Waals surface area contributed by atoms with Crippen LogP contribution < -0.4 is 15.0 Å². The van der Waals surface area contributed by atoms with Gasteiger partial charge in [0.15, 0.2) is 13.2 Å². The Kier molecular flexibility index (Phi) is 5.93. The zero-order valence-electron chi connectivity index (χ0n) is 15.8. The standard InChI is InChI=1S/C21H22N2O5/c1-14-7-3-6-10-18(14)27-13-21(26)28-12-20(25)23-15(2)11-19(24)22-16-8-4-5-9-17(16)23/h3-10,15H,11-13H2,1-2H3,(H,22,24)/t15-/m0/s1. The molecule has 0 saturated carbocycles. The number of carbonyl (C=O) groups excluding carboxylic acids is 3. The second kappa shape index (κ2) is 8.56. The highest BCUT2D eigenvalue weighted by Gasteiger charge is 2.30. The number of aryl methyl sites for hydroxylation is 1. The highest BCUT2D eigenvalue weighted by atomic mass is 16.6. The molecular formula is C21H22N2O5. The fourth-order valence-corrected chi connectivity index (χ4v) is 3.08. The van der Waals surface area contributed by atoms with Crippen LogP contribution in [0.5, 0.6) is 5.75 Å². The van der Waals surface area contributed by atoms with Crippen LogP contribution in [-0.2, 0) is 19.1 Å². The number of nitrogens with zero attached hydrogens (tertiary/aromatic N) is 1. The van der Waals surface area contributed by atoms with Gasteiger partial charge in [-0.15, -0.1) is 0 Å². The normalized spacial score (nSPS) is 15.9. The Hall–Kier alpha value is -3.35. The lowest BCUT2D eigenvalue weighted by atomic mass is 10.1. The van der Waals surface area contributed by atoms with E-state index in [-0.39, 0.29) is 25.0 Å². The topological polar surface area (TPSA) is 84.9 Å². The summed E-state index contributed by atoms with van der Waals surface area (Å²) in [5.41, 5.74) is 2.04. The van der Waals surface area contributed by atoms with E-state index >= 15 is 0 Å². The molecule has 0 aromatic heterocycles. The predicted molar refractivity (Wildman–Crippen MR) is 104 cm³/mol. The van der Waals surface area contributed by atoms with E-state index in [0.29, 0.717) is 17.1 Å². The molecule has 0 unspecified atom stereocenters. The van der Waals surface area contributed by atoms with Crippen molar-refractivity contribution in [3.8, 4) is 5.75 Å². The molecule has 0 fully saturated rings. The van der Waals surface area contributed by atoms with E-state index < -0.39 is 18.5 Å². The minimum Gasteiger partial charge on any atom is -0.482 e. The Morgan fingerprint density at radius 1 is 1.11 bits per heavy atom. The Morgan fingerprint density at radius 3 is 2.61 bits per heavy atom. The number of benzene rings is 2. The maximum atomic E-state index is 12.7. The number of hydrogen-bond acceptors (Lipinski definition) is 5. The van der Waals surface area contributed by atoms with Gasteiger partial charge in [0.25, 0.3) is 5.91 Å². The Labute approximate surface area is 163 Å². The van der Waals surface area contributed by atoms with Crippen molar-refractivity contribution in [2.75, 3.05) is 23.4 Å². The van der Waals surface area contributed by atoms with Gasteiger partial charge in [0.05, 0.1) is 11.4 Å². The number of ether oxygens (including phenoxy) is 2. The zero-order chi connectivity index (χ0) is 20.1. The Balaban J connectivity index is 1.61. The van der Waals surface area contributed by atoms with Crippen LogP contribution in [0.15, 0.2) is 48.5 Å². The lowest BCUT2D eigenvalue weighted by Gasteiger charge is -2.27. The molecule has 2 amide bonds. The number of carbonyl (C=O) groups is 3. The summed E-state index contributed by atoms with van der Waals surface area (Å²) in [7, 11) is 0. The van der Waals surface area contributed by atoms with Gasteiger partial charge in [-0.3, -0.25) is 9.59 Å². The van der Waals surface area contributed by atoms with Crippen LogP contribution in [0.3, 0.4) is 0 Å². The molecule has 0 aliphatic carbocycles. The first-order chi connectivity index (χ1) is 13.5. The minimum absolute atomic E-state index is 0.158. The van der Waals surface area contributed by atoms with Crippen LogP contribution in [0.1, 0.15) is 18.9 Å². The fraction of sp³-hybridized carbons (Fsp3) is 0.286. The van der Waals surface area contributed by atoms with E-state index in [2.05, 4.69) is 5.32 Å². The molecule has 7 heteroatoms. The average Bonchev–Trinajstić information content (AvgIpc) is 2.79. The summed E-state index contributed by atoms with van der Waals surface area (Å²) in [6.45, 7) is 2.94. The number of para-hydroxylation sites is 3. The van der Waals surface area contributed by atoms with E-state index in [4.69, 9.17) is 9.47 Å². The predicted octanol–water partition coefficient (Wildman–Crippen LogP) is 2.68. The Morgan fingerprint density at radius 2 is 1.82 bits per heavy atom. The first kappa shape index (κ1) is 19.4. The van der Waals surface area contributed by atoms with Crippen molar-refractivity contribution in [2.24, 2.45) is 0 Å². The maximum Gasteiger partial charge on any atom is 0.344 e. The summed E-state index contributed by atoms with van der Waals surface area (Å²) >= 11 is 0. The SMILES string of the molecule is Cc1ccccc1OCC(=O)OCC(=O)N1c2ccccc2NC(=O)C[C@@H]1C. The maximum absolute atomic E-state index is 12.7. The lowest BCUT2D eigenvalue weighted by Crippen LogP contribution is -2.41. The van der Waals surface area contributed by atoms with Crippen molar-refractivity contribution >= 4 is 29.2 Å². The van der Waals surface area contributed by atoms with Crippen LogP contribution in [0, 0.1) is 6.92 Å². The number of amides is 2. The largest absolute Gasteiger partial charge is 0.482 e. The zero-order valence-corrected chi connectivity index (χ0v) is 15.8. The van der Waals surface area contributed by atoms with Crippen LogP contribution in [0.25, 0.3) is 0 Å². The van der Waals surface area contributed by atoms with Gasteiger partial charge in [-0.25, -0.2) is 4.79 Å². The summed E-state index contributed by atoms with van der Waals surface area (Å²) < 4.78 is 10.5. The van der Waals surface area contributed by atoms with Crippen molar-refractivity contribution < 1.29 is 23.9 Å². The molecule has 1 atom stereocenters. The first-order valence-corrected chi connectivity index (χ1v) is 9.00. The second-order valence-electron chi connectivity index (χ2n) is 6.60. The monoisotopic (exact) mass is 382 g/mol. The number of fused-ring (bicyclic) bond motifs is 1. The molecule has 2 aromatic rings. The number of esters is 1. The van der Waals surface area contributed by atoms with Gasteiger partial charge in [-0.2, -0.15) is 0 Å². The molecule has 7 nitrogen and oxygen atoms in total. The molecule has 1 aliphatic rings. The number of hydrogen-bond donors (Lipinski definition) is 1. The van der Waals surface area contributed by atoms with E-state index in [1.54, 1.807) is 37.3 Å². The minimum atomic E-state index is -0.637. The van der Waals surface area contributed by atoms with Crippen LogP contribution >= 0.6 is 0 Å². The van der Waals surface area contributed by atoms with Gasteiger partial charge >= 0.3 is 5.97 Å². The summed E-state index contributed by atoms with van der Waals surface area (Å²) in [6, 6.07) is 14.0. The van der Waals surface area contributed by atoms with Crippen LogP contribution in [0.2, 0.25) is 0 Å². The molecule has 146 valence electrons. The summed E-state index contributed by atoms with van der Waals surface area (Å²) in [5.74, 6) is -0.619. The van der Waals surface area contributed by atoms with Crippen LogP contribution in [-0.4, -0.2) is 37.0 Å². The molecule has 28 heavy (non-hydrogen) atoms. The fourth-order valence-electron chi connectivity index (χ4n) is 3.08. The van der Waals surface area contributed by atoms with E-state index in [1.807, 2.05) is 25.1 Å². The third kappa shape index (κ3) is 4.49. The molecule has 0 spiro atoms. The third-order valence-corrected chi connectivity index (χ3v) is 4.42. The van der Waals surface area contributed by atoms with E-state index in [1.165, 1.54) is 4.90 Å². The Bertz CT molecular complexity index is 896. The van der Waals surface area contributed by atoms with Crippen molar-refractivity contribution in [3.63, 3.8) is 0 Å². The van der Waals surface area contributed by atoms with Crippen molar-refractivity contribution in [3.05, 3.63) is 54.1 Å². The van der Waals surface area contributed by atoms with Crippen molar-refractivity contribution in [2.45, 2.75) is 26.3 Å². The highest BCUT2D eigenvalue weighted by Crippen LogP contribution is 2.31. The first-order valence-electron chi connectivity index (χ1n) is 9.00. The molecule has 1 heterocycles. The van der Waals surface area contributed by atoms with Gasteiger partial charge in [0, 0.05) is 12.5 Å². The second-order valence-corrected chi connectivity index (χ2v) is 6.60.